The van der Waals surface area contributed by atoms with E-state index in [2.05, 4.69) is 17.1 Å². The van der Waals surface area contributed by atoms with Gasteiger partial charge in [0.25, 0.3) is 5.91 Å². The lowest BCUT2D eigenvalue weighted by atomic mass is 10.3. The SMILES string of the molecule is CCNC(=NCCCOCc1ccco1)N1CCN(C(=O)c2ccco2)CC1.I. The average Bonchev–Trinajstić information content (AvgIpc) is 3.43. The van der Waals surface area contributed by atoms with Crippen LogP contribution in [0.1, 0.15) is 29.7 Å². The number of hydrogen-bond donors (Lipinski definition) is 1. The Labute approximate surface area is 188 Å². The quantitative estimate of drug-likeness (QED) is 0.252. The van der Waals surface area contributed by atoms with Crippen LogP contribution in [-0.2, 0) is 11.3 Å². The third-order valence-corrected chi connectivity index (χ3v) is 4.47. The molecule has 0 unspecified atom stereocenters. The van der Waals surface area contributed by atoms with Gasteiger partial charge in [-0.05, 0) is 37.6 Å². The number of guanidine groups is 1. The first-order valence-corrected chi connectivity index (χ1v) is 9.74. The minimum absolute atomic E-state index is 0. The topological polar surface area (TPSA) is 83.5 Å². The van der Waals surface area contributed by atoms with E-state index in [1.807, 2.05) is 17.0 Å². The van der Waals surface area contributed by atoms with Crippen LogP contribution in [0.2, 0.25) is 0 Å². The zero-order valence-corrected chi connectivity index (χ0v) is 19.0. The van der Waals surface area contributed by atoms with Crippen molar-refractivity contribution in [2.24, 2.45) is 4.99 Å². The minimum Gasteiger partial charge on any atom is -0.467 e. The lowest BCUT2D eigenvalue weighted by molar-refractivity contribution is 0.0657. The summed E-state index contributed by atoms with van der Waals surface area (Å²) in [6.45, 7) is 7.45. The first-order valence-electron chi connectivity index (χ1n) is 9.74. The van der Waals surface area contributed by atoms with E-state index in [4.69, 9.17) is 18.6 Å². The number of carbonyl (C=O) groups is 1. The molecule has 8 nitrogen and oxygen atoms in total. The fraction of sp³-hybridized carbons (Fsp3) is 0.500. The van der Waals surface area contributed by atoms with Gasteiger partial charge in [0.05, 0.1) is 12.5 Å². The first kappa shape index (κ1) is 23.3. The fourth-order valence-electron chi connectivity index (χ4n) is 3.02. The van der Waals surface area contributed by atoms with Gasteiger partial charge in [0, 0.05) is 45.9 Å². The summed E-state index contributed by atoms with van der Waals surface area (Å²) in [5.41, 5.74) is 0. The van der Waals surface area contributed by atoms with Crippen molar-refractivity contribution in [3.63, 3.8) is 0 Å². The molecule has 1 N–H and O–H groups in total. The molecule has 0 aliphatic carbocycles. The summed E-state index contributed by atoms with van der Waals surface area (Å²) in [5.74, 6) is 2.06. The van der Waals surface area contributed by atoms with Gasteiger partial charge in [-0.2, -0.15) is 0 Å². The monoisotopic (exact) mass is 516 g/mol. The average molecular weight is 516 g/mol. The summed E-state index contributed by atoms with van der Waals surface area (Å²) < 4.78 is 16.0. The Morgan fingerprint density at radius 1 is 1.14 bits per heavy atom. The minimum atomic E-state index is -0.0553. The number of piperazine rings is 1. The van der Waals surface area contributed by atoms with Gasteiger partial charge in [-0.1, -0.05) is 0 Å². The number of amides is 1. The zero-order chi connectivity index (χ0) is 19.6. The lowest BCUT2D eigenvalue weighted by Gasteiger charge is -2.36. The van der Waals surface area contributed by atoms with Crippen molar-refractivity contribution < 1.29 is 18.4 Å². The smallest absolute Gasteiger partial charge is 0.289 e. The number of hydrogen-bond acceptors (Lipinski definition) is 5. The van der Waals surface area contributed by atoms with E-state index >= 15 is 0 Å². The molecule has 160 valence electrons. The van der Waals surface area contributed by atoms with Crippen molar-refractivity contribution in [1.82, 2.24) is 15.1 Å². The molecule has 2 aromatic heterocycles. The molecular formula is C20H29IN4O4. The summed E-state index contributed by atoms with van der Waals surface area (Å²) in [6, 6.07) is 7.19. The Hall–Kier alpha value is -2.01. The van der Waals surface area contributed by atoms with Crippen molar-refractivity contribution in [3.8, 4) is 0 Å². The van der Waals surface area contributed by atoms with Crippen molar-refractivity contribution in [3.05, 3.63) is 48.3 Å². The van der Waals surface area contributed by atoms with Gasteiger partial charge in [-0.15, -0.1) is 24.0 Å². The highest BCUT2D eigenvalue weighted by Crippen LogP contribution is 2.10. The van der Waals surface area contributed by atoms with Crippen molar-refractivity contribution >= 4 is 35.8 Å². The molecule has 3 heterocycles. The maximum Gasteiger partial charge on any atom is 0.289 e. The Bertz CT molecular complexity index is 726. The van der Waals surface area contributed by atoms with E-state index in [1.54, 1.807) is 18.4 Å². The second-order valence-electron chi connectivity index (χ2n) is 6.48. The van der Waals surface area contributed by atoms with Crippen LogP contribution in [0.15, 0.2) is 50.6 Å². The van der Waals surface area contributed by atoms with Gasteiger partial charge in [0.1, 0.15) is 12.4 Å². The van der Waals surface area contributed by atoms with Crippen LogP contribution in [-0.4, -0.2) is 67.5 Å². The summed E-state index contributed by atoms with van der Waals surface area (Å²) in [5, 5.41) is 3.34. The maximum absolute atomic E-state index is 12.4. The summed E-state index contributed by atoms with van der Waals surface area (Å²) in [7, 11) is 0. The van der Waals surface area contributed by atoms with E-state index in [0.717, 1.165) is 37.8 Å². The van der Waals surface area contributed by atoms with E-state index in [-0.39, 0.29) is 29.9 Å². The Morgan fingerprint density at radius 2 is 1.86 bits per heavy atom. The van der Waals surface area contributed by atoms with Crippen molar-refractivity contribution in [2.45, 2.75) is 20.0 Å². The van der Waals surface area contributed by atoms with Gasteiger partial charge in [-0.25, -0.2) is 0 Å². The van der Waals surface area contributed by atoms with Crippen LogP contribution in [0.5, 0.6) is 0 Å². The molecule has 29 heavy (non-hydrogen) atoms. The standard InChI is InChI=1S/C20H28N4O4.HI/c1-2-21-20(22-8-5-13-26-16-17-6-3-14-27-17)24-11-9-23(10-12-24)19(25)18-7-4-15-28-18;/h3-4,6-7,14-15H,2,5,8-13,16H2,1H3,(H,21,22);1H. The predicted octanol–water partition coefficient (Wildman–Crippen LogP) is 2.82. The molecule has 0 aromatic carbocycles. The van der Waals surface area contributed by atoms with Gasteiger partial charge >= 0.3 is 0 Å². The van der Waals surface area contributed by atoms with Crippen LogP contribution in [0.4, 0.5) is 0 Å². The third-order valence-electron chi connectivity index (χ3n) is 4.47. The maximum atomic E-state index is 12.4. The molecule has 9 heteroatoms. The summed E-state index contributed by atoms with van der Waals surface area (Å²) in [4.78, 5) is 21.1. The molecule has 0 radical (unpaired) electrons. The third kappa shape index (κ3) is 7.07. The summed E-state index contributed by atoms with van der Waals surface area (Å²) >= 11 is 0. The second-order valence-corrected chi connectivity index (χ2v) is 6.48. The van der Waals surface area contributed by atoms with Crippen molar-refractivity contribution in [2.75, 3.05) is 45.9 Å². The molecule has 1 amide bonds. The largest absolute Gasteiger partial charge is 0.467 e. The normalized spacial score (nSPS) is 14.6. The molecule has 1 aliphatic rings. The van der Waals surface area contributed by atoms with E-state index in [9.17, 15) is 4.79 Å². The molecule has 0 saturated carbocycles. The van der Waals surface area contributed by atoms with Gasteiger partial charge in [0.2, 0.25) is 0 Å². The van der Waals surface area contributed by atoms with Crippen LogP contribution >= 0.6 is 24.0 Å². The van der Waals surface area contributed by atoms with E-state index in [1.165, 1.54) is 6.26 Å². The van der Waals surface area contributed by atoms with E-state index < -0.39 is 0 Å². The Kier molecular flexibility index (Phi) is 10.1. The fourth-order valence-corrected chi connectivity index (χ4v) is 3.02. The molecule has 0 atom stereocenters. The second kappa shape index (κ2) is 12.5. The molecule has 2 aromatic rings. The Morgan fingerprint density at radius 3 is 2.52 bits per heavy atom. The van der Waals surface area contributed by atoms with Gasteiger partial charge in [0.15, 0.2) is 11.7 Å². The van der Waals surface area contributed by atoms with Gasteiger partial charge < -0.3 is 28.7 Å². The highest BCUT2D eigenvalue weighted by atomic mass is 127. The number of carbonyl (C=O) groups excluding carboxylic acids is 1. The Balaban J connectivity index is 0.00000300. The lowest BCUT2D eigenvalue weighted by Crippen LogP contribution is -2.53. The molecule has 1 fully saturated rings. The number of halogens is 1. The molecule has 1 saturated heterocycles. The number of furan rings is 2. The van der Waals surface area contributed by atoms with Crippen molar-refractivity contribution in [1.29, 1.82) is 0 Å². The van der Waals surface area contributed by atoms with Crippen LogP contribution < -0.4 is 5.32 Å². The number of aliphatic imine (C=N–C) groups is 1. The highest BCUT2D eigenvalue weighted by Gasteiger charge is 2.25. The van der Waals surface area contributed by atoms with Crippen LogP contribution in [0.25, 0.3) is 0 Å². The molecule has 3 rings (SSSR count). The van der Waals surface area contributed by atoms with Gasteiger partial charge in [-0.3, -0.25) is 9.79 Å². The summed E-state index contributed by atoms with van der Waals surface area (Å²) in [6.07, 6.45) is 4.01. The predicted molar refractivity (Wildman–Crippen MR) is 121 cm³/mol. The number of rotatable bonds is 8. The molecule has 1 aliphatic heterocycles. The van der Waals surface area contributed by atoms with E-state index in [0.29, 0.717) is 38.6 Å². The number of nitrogens with zero attached hydrogens (tertiary/aromatic N) is 3. The molecule has 0 spiro atoms. The zero-order valence-electron chi connectivity index (χ0n) is 16.7. The number of ether oxygens (including phenoxy) is 1. The molecule has 0 bridgehead atoms. The molecular weight excluding hydrogens is 487 g/mol. The van der Waals surface area contributed by atoms with Crippen LogP contribution in [0, 0.1) is 0 Å². The van der Waals surface area contributed by atoms with Crippen LogP contribution in [0.3, 0.4) is 0 Å². The number of nitrogens with one attached hydrogen (secondary N) is 1. The highest BCUT2D eigenvalue weighted by molar-refractivity contribution is 14.0. The first-order chi connectivity index (χ1) is 13.8.